The van der Waals surface area contributed by atoms with Crippen LogP contribution in [0.3, 0.4) is 0 Å². The van der Waals surface area contributed by atoms with Crippen molar-refractivity contribution in [1.29, 1.82) is 0 Å². The molecule has 1 amide bonds. The van der Waals surface area contributed by atoms with Crippen LogP contribution in [0.2, 0.25) is 5.15 Å². The maximum Gasteiger partial charge on any atom is 0.260 e. The van der Waals surface area contributed by atoms with Crippen LogP contribution < -0.4 is 14.8 Å². The van der Waals surface area contributed by atoms with Crippen LogP contribution in [0.4, 0.5) is 5.82 Å². The van der Waals surface area contributed by atoms with E-state index in [1.54, 1.807) is 18.2 Å². The van der Waals surface area contributed by atoms with Crippen LogP contribution in [0, 0.1) is 0 Å². The quantitative estimate of drug-likeness (QED) is 0.937. The molecule has 0 radical (unpaired) electrons. The van der Waals surface area contributed by atoms with Gasteiger partial charge in [-0.15, -0.1) is 0 Å². The molecular formula is C13H12ClN3O3. The highest BCUT2D eigenvalue weighted by Crippen LogP contribution is 2.31. The number of carbonyl (C=O) groups excluding carboxylic acids is 1. The van der Waals surface area contributed by atoms with Crippen molar-refractivity contribution < 1.29 is 14.3 Å². The Balaban J connectivity index is 2.32. The number of rotatable bonds is 4. The van der Waals surface area contributed by atoms with Crippen molar-refractivity contribution in [2.75, 3.05) is 19.5 Å². The molecule has 1 N–H and O–H groups in total. The highest BCUT2D eigenvalue weighted by molar-refractivity contribution is 6.32. The zero-order valence-corrected chi connectivity index (χ0v) is 11.6. The molecule has 1 heterocycles. The number of ether oxygens (including phenoxy) is 2. The average Bonchev–Trinajstić information content (AvgIpc) is 2.48. The normalized spacial score (nSPS) is 9.95. The Labute approximate surface area is 120 Å². The zero-order chi connectivity index (χ0) is 14.5. The molecule has 0 saturated heterocycles. The molecule has 2 rings (SSSR count). The second-order valence-corrected chi connectivity index (χ2v) is 4.05. The molecule has 0 bridgehead atoms. The third-order valence-electron chi connectivity index (χ3n) is 2.53. The van der Waals surface area contributed by atoms with E-state index in [9.17, 15) is 4.79 Å². The fourth-order valence-electron chi connectivity index (χ4n) is 1.65. The summed E-state index contributed by atoms with van der Waals surface area (Å²) in [6, 6.07) is 5.00. The average molecular weight is 294 g/mol. The monoisotopic (exact) mass is 293 g/mol. The van der Waals surface area contributed by atoms with Crippen molar-refractivity contribution in [1.82, 2.24) is 9.97 Å². The van der Waals surface area contributed by atoms with Crippen molar-refractivity contribution in [3.63, 3.8) is 0 Å². The van der Waals surface area contributed by atoms with E-state index in [4.69, 9.17) is 21.1 Å². The van der Waals surface area contributed by atoms with Gasteiger partial charge in [-0.1, -0.05) is 17.7 Å². The fourth-order valence-corrected chi connectivity index (χ4v) is 1.80. The second-order valence-electron chi connectivity index (χ2n) is 3.69. The van der Waals surface area contributed by atoms with E-state index in [1.807, 2.05) is 0 Å². The van der Waals surface area contributed by atoms with Crippen LogP contribution in [0.15, 0.2) is 30.6 Å². The van der Waals surface area contributed by atoms with E-state index in [0.717, 1.165) is 0 Å². The van der Waals surface area contributed by atoms with Gasteiger partial charge in [0.05, 0.1) is 19.8 Å². The van der Waals surface area contributed by atoms with Gasteiger partial charge in [0.1, 0.15) is 0 Å². The van der Waals surface area contributed by atoms with Gasteiger partial charge in [-0.25, -0.2) is 9.97 Å². The van der Waals surface area contributed by atoms with Gasteiger partial charge in [0.15, 0.2) is 22.5 Å². The van der Waals surface area contributed by atoms with Gasteiger partial charge in [-0.05, 0) is 12.1 Å². The minimum atomic E-state index is -0.414. The summed E-state index contributed by atoms with van der Waals surface area (Å²) in [6.07, 6.45) is 2.87. The molecule has 0 atom stereocenters. The zero-order valence-electron chi connectivity index (χ0n) is 10.9. The number of aromatic nitrogens is 2. The lowest BCUT2D eigenvalue weighted by molar-refractivity contribution is 0.102. The first-order chi connectivity index (χ1) is 9.67. The predicted octanol–water partition coefficient (Wildman–Crippen LogP) is 2.40. The predicted molar refractivity (Wildman–Crippen MR) is 74.5 cm³/mol. The minimum Gasteiger partial charge on any atom is -0.493 e. The number of hydrogen-bond donors (Lipinski definition) is 1. The molecule has 7 heteroatoms. The largest absolute Gasteiger partial charge is 0.493 e. The molecule has 6 nitrogen and oxygen atoms in total. The third-order valence-corrected chi connectivity index (χ3v) is 2.81. The van der Waals surface area contributed by atoms with Crippen LogP contribution in [0.25, 0.3) is 0 Å². The Morgan fingerprint density at radius 3 is 2.60 bits per heavy atom. The van der Waals surface area contributed by atoms with E-state index in [2.05, 4.69) is 15.3 Å². The second kappa shape index (κ2) is 6.21. The van der Waals surface area contributed by atoms with E-state index in [-0.39, 0.29) is 11.0 Å². The Morgan fingerprint density at radius 2 is 1.95 bits per heavy atom. The summed E-state index contributed by atoms with van der Waals surface area (Å²) >= 11 is 5.84. The van der Waals surface area contributed by atoms with E-state index in [1.165, 1.54) is 26.6 Å². The van der Waals surface area contributed by atoms with Crippen molar-refractivity contribution in [2.45, 2.75) is 0 Å². The molecule has 0 spiro atoms. The summed E-state index contributed by atoms with van der Waals surface area (Å²) < 4.78 is 10.3. The highest BCUT2D eigenvalue weighted by atomic mass is 35.5. The summed E-state index contributed by atoms with van der Waals surface area (Å²) in [5.74, 6) is 0.574. The molecule has 0 aliphatic heterocycles. The first kappa shape index (κ1) is 14.1. The van der Waals surface area contributed by atoms with Crippen LogP contribution in [-0.2, 0) is 0 Å². The number of anilines is 1. The molecule has 0 fully saturated rings. The molecule has 20 heavy (non-hydrogen) atoms. The van der Waals surface area contributed by atoms with E-state index in [0.29, 0.717) is 17.1 Å². The van der Waals surface area contributed by atoms with Crippen LogP contribution in [-0.4, -0.2) is 30.1 Å². The van der Waals surface area contributed by atoms with Gasteiger partial charge in [-0.2, -0.15) is 0 Å². The number of carbonyl (C=O) groups is 1. The van der Waals surface area contributed by atoms with Crippen LogP contribution in [0.5, 0.6) is 11.5 Å². The number of para-hydroxylation sites is 1. The standard InChI is InChI=1S/C13H12ClN3O3/c1-19-9-5-3-4-8(10(9)20-2)13(18)17-12-11(14)15-6-7-16-12/h3-7H,1-2H3,(H,16,17,18). The lowest BCUT2D eigenvalue weighted by Gasteiger charge is -2.12. The van der Waals surface area contributed by atoms with Gasteiger partial charge < -0.3 is 14.8 Å². The van der Waals surface area contributed by atoms with Crippen molar-refractivity contribution >= 4 is 23.3 Å². The number of nitrogens with zero attached hydrogens (tertiary/aromatic N) is 2. The van der Waals surface area contributed by atoms with Gasteiger partial charge in [0, 0.05) is 12.4 Å². The van der Waals surface area contributed by atoms with Gasteiger partial charge in [0.2, 0.25) is 0 Å². The Morgan fingerprint density at radius 1 is 1.20 bits per heavy atom. The third kappa shape index (κ3) is 2.80. The first-order valence-corrected chi connectivity index (χ1v) is 6.04. The van der Waals surface area contributed by atoms with Crippen LogP contribution >= 0.6 is 11.6 Å². The maximum absolute atomic E-state index is 12.2. The molecule has 2 aromatic rings. The summed E-state index contributed by atoms with van der Waals surface area (Å²) in [4.78, 5) is 20.0. The van der Waals surface area contributed by atoms with Gasteiger partial charge in [0.25, 0.3) is 5.91 Å². The minimum absolute atomic E-state index is 0.114. The van der Waals surface area contributed by atoms with Crippen molar-refractivity contribution in [2.24, 2.45) is 0 Å². The molecule has 104 valence electrons. The summed E-state index contributed by atoms with van der Waals surface area (Å²) in [6.45, 7) is 0. The van der Waals surface area contributed by atoms with Crippen LogP contribution in [0.1, 0.15) is 10.4 Å². The van der Waals surface area contributed by atoms with E-state index >= 15 is 0 Å². The molecule has 0 aliphatic carbocycles. The SMILES string of the molecule is COc1cccc(C(=O)Nc2nccnc2Cl)c1OC. The molecular weight excluding hydrogens is 282 g/mol. The lowest BCUT2D eigenvalue weighted by atomic mass is 10.1. The number of halogens is 1. The lowest BCUT2D eigenvalue weighted by Crippen LogP contribution is -2.15. The summed E-state index contributed by atoms with van der Waals surface area (Å²) in [5.41, 5.74) is 0.313. The van der Waals surface area contributed by atoms with Crippen molar-refractivity contribution in [3.8, 4) is 11.5 Å². The first-order valence-electron chi connectivity index (χ1n) is 5.66. The number of methoxy groups -OCH3 is 2. The molecule has 0 aliphatic rings. The molecule has 0 saturated carbocycles. The Kier molecular flexibility index (Phi) is 4.37. The molecule has 1 aromatic heterocycles. The smallest absolute Gasteiger partial charge is 0.260 e. The van der Waals surface area contributed by atoms with Gasteiger partial charge >= 0.3 is 0 Å². The Hall–Kier alpha value is -2.34. The summed E-state index contributed by atoms with van der Waals surface area (Å²) in [5, 5.41) is 2.69. The van der Waals surface area contributed by atoms with Gasteiger partial charge in [-0.3, -0.25) is 4.79 Å². The fraction of sp³-hybridized carbons (Fsp3) is 0.154. The summed E-state index contributed by atoms with van der Waals surface area (Å²) in [7, 11) is 2.96. The molecule has 0 unspecified atom stereocenters. The topological polar surface area (TPSA) is 73.3 Å². The van der Waals surface area contributed by atoms with Crippen molar-refractivity contribution in [3.05, 3.63) is 41.3 Å². The maximum atomic E-state index is 12.2. The number of hydrogen-bond acceptors (Lipinski definition) is 5. The number of amides is 1. The highest BCUT2D eigenvalue weighted by Gasteiger charge is 2.17. The molecule has 1 aromatic carbocycles. The number of nitrogens with one attached hydrogen (secondary N) is 1. The Bertz CT molecular complexity index is 634. The van der Waals surface area contributed by atoms with E-state index < -0.39 is 5.91 Å². The number of benzene rings is 1.